The van der Waals surface area contributed by atoms with Crippen molar-refractivity contribution in [2.45, 2.75) is 110 Å². The van der Waals surface area contributed by atoms with Crippen LogP contribution in [0.25, 0.3) is 0 Å². The van der Waals surface area contributed by atoms with Crippen molar-refractivity contribution in [3.63, 3.8) is 0 Å². The van der Waals surface area contributed by atoms with Crippen LogP contribution in [0.15, 0.2) is 23.8 Å². The summed E-state index contributed by atoms with van der Waals surface area (Å²) >= 11 is 0. The average Bonchev–Trinajstić information content (AvgIpc) is 3.71. The van der Waals surface area contributed by atoms with Gasteiger partial charge in [0.1, 0.15) is 17.8 Å². The molecule has 3 fully saturated rings. The molecule has 2 aliphatic carbocycles. The van der Waals surface area contributed by atoms with Gasteiger partial charge in [-0.3, -0.25) is 28.8 Å². The number of carbonyl (C=O) groups is 6. The van der Waals surface area contributed by atoms with Crippen molar-refractivity contribution in [3.8, 4) is 0 Å². The molecule has 0 radical (unpaired) electrons. The molecule has 2 aliphatic heterocycles. The highest BCUT2D eigenvalue weighted by molar-refractivity contribution is 5.78. The zero-order chi connectivity index (χ0) is 35.9. The van der Waals surface area contributed by atoms with Crippen molar-refractivity contribution in [1.29, 1.82) is 0 Å². The summed E-state index contributed by atoms with van der Waals surface area (Å²) in [5.41, 5.74) is -5.86. The smallest absolute Gasteiger partial charge is 0.312 e. The van der Waals surface area contributed by atoms with Crippen LogP contribution in [-0.2, 0) is 61.9 Å². The van der Waals surface area contributed by atoms with Crippen molar-refractivity contribution < 1.29 is 72.1 Å². The van der Waals surface area contributed by atoms with Crippen LogP contribution in [0.5, 0.6) is 0 Å². The monoisotopic (exact) mass is 680 g/mol. The summed E-state index contributed by atoms with van der Waals surface area (Å²) in [5, 5.41) is 22.9. The third-order valence-corrected chi connectivity index (χ3v) is 9.53. The first kappa shape index (κ1) is 37.0. The quantitative estimate of drug-likeness (QED) is 0.207. The first-order valence-corrected chi connectivity index (χ1v) is 15.8. The first-order valence-electron chi connectivity index (χ1n) is 15.8. The number of hydrogen-bond donors (Lipinski definition) is 2. The lowest BCUT2D eigenvalue weighted by molar-refractivity contribution is -0.279. The predicted octanol–water partition coefficient (Wildman–Crippen LogP) is 0.857. The number of carbonyl (C=O) groups excluding carboxylic acids is 6. The predicted molar refractivity (Wildman–Crippen MR) is 160 cm³/mol. The summed E-state index contributed by atoms with van der Waals surface area (Å²) < 4.78 is 41.1. The van der Waals surface area contributed by atoms with E-state index in [2.05, 4.69) is 0 Å². The number of hydrogen-bond acceptors (Lipinski definition) is 15. The Morgan fingerprint density at radius 3 is 1.98 bits per heavy atom. The Kier molecular flexibility index (Phi) is 10.5. The van der Waals surface area contributed by atoms with E-state index in [4.69, 9.17) is 33.2 Å². The fourth-order valence-corrected chi connectivity index (χ4v) is 7.46. The fraction of sp³-hybridized carbons (Fsp3) is 0.697. The van der Waals surface area contributed by atoms with E-state index >= 15 is 0 Å². The van der Waals surface area contributed by atoms with E-state index in [9.17, 15) is 39.0 Å². The summed E-state index contributed by atoms with van der Waals surface area (Å²) in [4.78, 5) is 77.6. The maximum absolute atomic E-state index is 13.3. The van der Waals surface area contributed by atoms with Gasteiger partial charge in [-0.1, -0.05) is 26.8 Å². The SMILES string of the molecule is CC(=O)O[C@H]1[C@@H](OC(=O)CC(C)C)[C@]2(CO2)[C@@H]2[C@H](OC(C)=O)[C@@]3(O)[C@H](/C=C(CO)\C=C/[C@H](OC(C)=O)[C@@]2(C)[C@H]1OC(C)=O)OC(=O)[C@@H]3C. The Labute approximate surface area is 277 Å². The molecule has 0 unspecified atom stereocenters. The molecule has 2 saturated heterocycles. The van der Waals surface area contributed by atoms with Gasteiger partial charge in [0.2, 0.25) is 0 Å². The minimum Gasteiger partial charge on any atom is -0.459 e. The summed E-state index contributed by atoms with van der Waals surface area (Å²) in [5.74, 6) is -7.93. The van der Waals surface area contributed by atoms with Gasteiger partial charge in [-0.2, -0.15) is 0 Å². The Morgan fingerprint density at radius 1 is 0.917 bits per heavy atom. The van der Waals surface area contributed by atoms with Crippen LogP contribution in [0.1, 0.15) is 61.8 Å². The lowest BCUT2D eigenvalue weighted by atomic mass is 9.51. The zero-order valence-electron chi connectivity index (χ0n) is 28.3. The minimum atomic E-state index is -2.39. The summed E-state index contributed by atoms with van der Waals surface area (Å²) in [6.07, 6.45) is -5.44. The van der Waals surface area contributed by atoms with Crippen LogP contribution in [0.4, 0.5) is 0 Å². The van der Waals surface area contributed by atoms with Gasteiger partial charge in [0, 0.05) is 40.0 Å². The number of epoxide rings is 1. The van der Waals surface area contributed by atoms with Gasteiger partial charge >= 0.3 is 35.8 Å². The largest absolute Gasteiger partial charge is 0.459 e. The van der Waals surface area contributed by atoms with Crippen molar-refractivity contribution >= 4 is 35.8 Å². The average molecular weight is 681 g/mol. The standard InChI is InChI=1S/C33H44O15/c1-15(2)11-24(39)48-28-25(44-18(5)36)27(45-19(6)37)31(8)22(43-17(4)35)10-9-21(13-34)12-23-33(41,16(3)30(40)47-23)29(46-20(7)38)26(31)32(28)14-42-32/h9-10,12,15-16,22-23,25-29,34,41H,11,13-14H2,1-8H3/b10-9-,21-12+/t16-,22-,23-,25+,26+,27-,28+,29-,31+,32-,33-/m0/s1. The molecule has 1 saturated carbocycles. The molecule has 11 atom stereocenters. The topological polar surface area (TPSA) is 211 Å². The Bertz CT molecular complexity index is 1390. The number of esters is 6. The first-order chi connectivity index (χ1) is 22.3. The highest BCUT2D eigenvalue weighted by Gasteiger charge is 2.81. The molecule has 2 heterocycles. The van der Waals surface area contributed by atoms with Crippen molar-refractivity contribution in [1.82, 2.24) is 0 Å². The van der Waals surface area contributed by atoms with E-state index in [1.165, 1.54) is 32.1 Å². The second-order valence-electron chi connectivity index (χ2n) is 13.5. The minimum absolute atomic E-state index is 0.0636. The van der Waals surface area contributed by atoms with Crippen LogP contribution < -0.4 is 0 Å². The number of fused-ring (bicyclic) bond motifs is 3. The van der Waals surface area contributed by atoms with E-state index in [1.54, 1.807) is 13.8 Å². The van der Waals surface area contributed by atoms with E-state index in [1.807, 2.05) is 0 Å². The van der Waals surface area contributed by atoms with E-state index in [0.29, 0.717) is 0 Å². The Morgan fingerprint density at radius 2 is 1.48 bits per heavy atom. The van der Waals surface area contributed by atoms with E-state index in [-0.39, 0.29) is 24.5 Å². The second-order valence-corrected chi connectivity index (χ2v) is 13.5. The van der Waals surface area contributed by atoms with Crippen molar-refractivity contribution in [2.24, 2.45) is 23.2 Å². The summed E-state index contributed by atoms with van der Waals surface area (Å²) in [7, 11) is 0. The summed E-state index contributed by atoms with van der Waals surface area (Å²) in [6, 6.07) is 0. The van der Waals surface area contributed by atoms with Crippen LogP contribution in [0.2, 0.25) is 0 Å². The number of aliphatic hydroxyl groups is 2. The molecule has 1 spiro atoms. The number of aliphatic hydroxyl groups excluding tert-OH is 1. The van der Waals surface area contributed by atoms with Crippen LogP contribution in [-0.4, -0.2) is 107 Å². The molecular weight excluding hydrogens is 636 g/mol. The maximum Gasteiger partial charge on any atom is 0.312 e. The number of rotatable bonds is 8. The third-order valence-electron chi connectivity index (χ3n) is 9.53. The highest BCUT2D eigenvalue weighted by atomic mass is 16.7. The molecule has 4 rings (SSSR count). The summed E-state index contributed by atoms with van der Waals surface area (Å²) in [6.45, 7) is 9.97. The molecule has 0 bridgehead atoms. The molecule has 15 heteroatoms. The molecule has 4 aliphatic rings. The van der Waals surface area contributed by atoms with Crippen LogP contribution in [0, 0.1) is 23.2 Å². The van der Waals surface area contributed by atoms with Crippen LogP contribution in [0.3, 0.4) is 0 Å². The Balaban J connectivity index is 2.15. The highest BCUT2D eigenvalue weighted by Crippen LogP contribution is 2.63. The Hall–Kier alpha value is -3.82. The van der Waals surface area contributed by atoms with E-state index < -0.39 is 107 Å². The molecule has 0 aromatic carbocycles. The maximum atomic E-state index is 13.3. The third kappa shape index (κ3) is 6.59. The molecular formula is C33H44O15. The van der Waals surface area contributed by atoms with Crippen molar-refractivity contribution in [3.05, 3.63) is 23.8 Å². The fourth-order valence-electron chi connectivity index (χ4n) is 7.46. The molecule has 15 nitrogen and oxygen atoms in total. The molecule has 0 aromatic rings. The van der Waals surface area contributed by atoms with Gasteiger partial charge in [0.05, 0.1) is 24.5 Å². The van der Waals surface area contributed by atoms with Gasteiger partial charge in [-0.25, -0.2) is 0 Å². The van der Waals surface area contributed by atoms with Gasteiger partial charge < -0.3 is 43.4 Å². The number of ether oxygens (including phenoxy) is 7. The van der Waals surface area contributed by atoms with E-state index in [0.717, 1.165) is 27.7 Å². The lowest BCUT2D eigenvalue weighted by Crippen LogP contribution is -2.76. The second kappa shape index (κ2) is 13.6. The normalized spacial score (nSPS) is 40.2. The molecule has 266 valence electrons. The van der Waals surface area contributed by atoms with Gasteiger partial charge in [0.25, 0.3) is 0 Å². The molecule has 2 N–H and O–H groups in total. The van der Waals surface area contributed by atoms with Gasteiger partial charge in [-0.05, 0) is 30.6 Å². The molecule has 0 aromatic heterocycles. The lowest BCUT2D eigenvalue weighted by Gasteiger charge is -2.59. The van der Waals surface area contributed by atoms with Gasteiger partial charge in [0.15, 0.2) is 30.0 Å². The van der Waals surface area contributed by atoms with Crippen molar-refractivity contribution in [2.75, 3.05) is 13.2 Å². The zero-order valence-corrected chi connectivity index (χ0v) is 28.3. The molecule has 0 amide bonds. The van der Waals surface area contributed by atoms with Gasteiger partial charge in [-0.15, -0.1) is 0 Å². The van der Waals surface area contributed by atoms with Crippen LogP contribution >= 0.6 is 0 Å². The molecule has 48 heavy (non-hydrogen) atoms.